The molecule has 4 heterocycles. The third-order valence-electron chi connectivity index (χ3n) is 5.31. The number of hydrogen-bond acceptors (Lipinski definition) is 5. The van der Waals surface area contributed by atoms with Crippen LogP contribution < -0.4 is 4.90 Å². The van der Waals surface area contributed by atoms with Crippen molar-refractivity contribution in [1.29, 1.82) is 0 Å². The van der Waals surface area contributed by atoms with Crippen LogP contribution in [0.5, 0.6) is 0 Å². The van der Waals surface area contributed by atoms with Gasteiger partial charge in [0.25, 0.3) is 0 Å². The van der Waals surface area contributed by atoms with Gasteiger partial charge >= 0.3 is 0 Å². The summed E-state index contributed by atoms with van der Waals surface area (Å²) in [5.74, 6) is 0.160. The van der Waals surface area contributed by atoms with Crippen LogP contribution in [0, 0.1) is 0 Å². The number of carbonyl (C=O) groups is 1. The van der Waals surface area contributed by atoms with Gasteiger partial charge in [-0.05, 0) is 24.9 Å². The Kier molecular flexibility index (Phi) is 3.94. The van der Waals surface area contributed by atoms with Gasteiger partial charge in [-0.25, -0.2) is 0 Å². The predicted octanol–water partition coefficient (Wildman–Crippen LogP) is 1.40. The largest absolute Gasteiger partial charge is 0.306 e. The normalized spacial score (nSPS) is 25.9. The van der Waals surface area contributed by atoms with Gasteiger partial charge in [-0.15, -0.1) is 11.3 Å². The van der Waals surface area contributed by atoms with Gasteiger partial charge < -0.3 is 4.90 Å². The summed E-state index contributed by atoms with van der Waals surface area (Å²) in [6.07, 6.45) is 4.81. The maximum absolute atomic E-state index is 12.5. The minimum atomic E-state index is 0.0427. The van der Waals surface area contributed by atoms with Crippen LogP contribution in [-0.4, -0.2) is 64.3 Å². The fourth-order valence-electron chi connectivity index (χ4n) is 3.88. The predicted molar refractivity (Wildman–Crippen MR) is 95.1 cm³/mol. The first kappa shape index (κ1) is 15.8. The van der Waals surface area contributed by atoms with Gasteiger partial charge in [-0.2, -0.15) is 5.10 Å². The lowest BCUT2D eigenvalue weighted by atomic mass is 9.93. The molecule has 0 radical (unpaired) electrons. The van der Waals surface area contributed by atoms with E-state index in [0.29, 0.717) is 6.54 Å². The summed E-state index contributed by atoms with van der Waals surface area (Å²) in [5.41, 5.74) is 0.952. The first-order valence-electron chi connectivity index (χ1n) is 8.31. The van der Waals surface area contributed by atoms with E-state index in [0.717, 1.165) is 38.3 Å². The number of likely N-dealkylation sites (tertiary alicyclic amines) is 1. The molecule has 0 N–H and O–H groups in total. The molecule has 1 amide bonds. The highest BCUT2D eigenvalue weighted by Gasteiger charge is 2.47. The molecule has 1 spiro atoms. The molecule has 1 unspecified atom stereocenters. The van der Waals surface area contributed by atoms with Crippen molar-refractivity contribution in [3.05, 3.63) is 34.8 Å². The highest BCUT2D eigenvalue weighted by molar-refractivity contribution is 7.09. The Hall–Kier alpha value is -1.70. The number of likely N-dealkylation sites (N-methyl/N-ethyl adjacent to an activating group) is 1. The van der Waals surface area contributed by atoms with E-state index in [4.69, 9.17) is 0 Å². The van der Waals surface area contributed by atoms with Crippen LogP contribution in [0.3, 0.4) is 0 Å². The molecule has 6 nitrogen and oxygen atoms in total. The summed E-state index contributed by atoms with van der Waals surface area (Å²) in [6.45, 7) is 4.31. The van der Waals surface area contributed by atoms with E-state index in [1.165, 1.54) is 4.88 Å². The Labute approximate surface area is 146 Å². The summed E-state index contributed by atoms with van der Waals surface area (Å²) in [6, 6.07) is 4.31. The molecule has 0 bridgehead atoms. The minimum absolute atomic E-state index is 0.0427. The summed E-state index contributed by atoms with van der Waals surface area (Å²) in [5, 5.41) is 6.36. The van der Waals surface area contributed by atoms with Crippen molar-refractivity contribution in [2.45, 2.75) is 18.5 Å². The Morgan fingerprint density at radius 1 is 1.33 bits per heavy atom. The van der Waals surface area contributed by atoms with E-state index >= 15 is 0 Å². The second-order valence-electron chi connectivity index (χ2n) is 6.97. The summed E-state index contributed by atoms with van der Waals surface area (Å²) >= 11 is 1.82. The third kappa shape index (κ3) is 2.76. The molecule has 24 heavy (non-hydrogen) atoms. The second-order valence-corrected chi connectivity index (χ2v) is 8.00. The molecule has 2 aliphatic heterocycles. The number of nitrogens with zero attached hydrogens (tertiary/aromatic N) is 5. The standard InChI is InChI=1S/C17H23N5OS/c1-19-11-16(23)22(14-8-18-20(2)9-14)13-17(19)5-6-21(12-17)10-15-4-3-7-24-15/h3-4,7-9H,5-6,10-13H2,1-2H3. The maximum Gasteiger partial charge on any atom is 0.241 e. The zero-order valence-electron chi connectivity index (χ0n) is 14.2. The van der Waals surface area contributed by atoms with Gasteiger partial charge in [0.05, 0.1) is 24.0 Å². The van der Waals surface area contributed by atoms with Crippen LogP contribution in [0.15, 0.2) is 29.9 Å². The van der Waals surface area contributed by atoms with E-state index in [1.54, 1.807) is 10.9 Å². The van der Waals surface area contributed by atoms with Crippen LogP contribution in [0.25, 0.3) is 0 Å². The molecule has 2 saturated heterocycles. The smallest absolute Gasteiger partial charge is 0.241 e. The highest BCUT2D eigenvalue weighted by Crippen LogP contribution is 2.34. The minimum Gasteiger partial charge on any atom is -0.306 e. The Balaban J connectivity index is 1.52. The fraction of sp³-hybridized carbons (Fsp3) is 0.529. The molecule has 0 saturated carbocycles. The van der Waals surface area contributed by atoms with Crippen molar-refractivity contribution in [3.63, 3.8) is 0 Å². The molecule has 0 aromatic carbocycles. The van der Waals surface area contributed by atoms with Crippen LogP contribution in [-0.2, 0) is 18.4 Å². The number of aryl methyl sites for hydroxylation is 1. The molecule has 1 atom stereocenters. The summed E-state index contributed by atoms with van der Waals surface area (Å²) in [7, 11) is 3.98. The van der Waals surface area contributed by atoms with E-state index in [2.05, 4.69) is 39.5 Å². The average molecular weight is 345 g/mol. The number of anilines is 1. The lowest BCUT2D eigenvalue weighted by Gasteiger charge is -2.46. The zero-order valence-corrected chi connectivity index (χ0v) is 15.0. The van der Waals surface area contributed by atoms with Gasteiger partial charge in [0.15, 0.2) is 0 Å². The molecule has 2 fully saturated rings. The van der Waals surface area contributed by atoms with Gasteiger partial charge in [-0.1, -0.05) is 6.07 Å². The fourth-order valence-corrected chi connectivity index (χ4v) is 4.63. The summed E-state index contributed by atoms with van der Waals surface area (Å²) in [4.78, 5) is 20.6. The van der Waals surface area contributed by atoms with Gasteiger partial charge in [0, 0.05) is 44.3 Å². The molecule has 128 valence electrons. The molecule has 7 heteroatoms. The monoisotopic (exact) mass is 345 g/mol. The highest BCUT2D eigenvalue weighted by atomic mass is 32.1. The number of thiophene rings is 1. The van der Waals surface area contributed by atoms with Crippen molar-refractivity contribution < 1.29 is 4.79 Å². The number of carbonyl (C=O) groups excluding carboxylic acids is 1. The summed E-state index contributed by atoms with van der Waals surface area (Å²) < 4.78 is 1.76. The van der Waals surface area contributed by atoms with Gasteiger partial charge in [0.1, 0.15) is 0 Å². The first-order valence-corrected chi connectivity index (χ1v) is 9.19. The topological polar surface area (TPSA) is 44.6 Å². The van der Waals surface area contributed by atoms with Crippen molar-refractivity contribution in [3.8, 4) is 0 Å². The Morgan fingerprint density at radius 2 is 2.21 bits per heavy atom. The molecular formula is C17H23N5OS. The quantitative estimate of drug-likeness (QED) is 0.844. The second kappa shape index (κ2) is 5.98. The number of piperazine rings is 1. The van der Waals surface area contributed by atoms with E-state index < -0.39 is 0 Å². The molecule has 4 rings (SSSR count). The first-order chi connectivity index (χ1) is 11.6. The SMILES string of the molecule is CN1CC(=O)N(c2cnn(C)c2)CC12CCN(Cc1cccs1)C2. The number of rotatable bonds is 3. The van der Waals surface area contributed by atoms with Crippen molar-refractivity contribution in [2.75, 3.05) is 38.1 Å². The van der Waals surface area contributed by atoms with Gasteiger partial charge in [-0.3, -0.25) is 19.3 Å². The van der Waals surface area contributed by atoms with E-state index in [1.807, 2.05) is 29.5 Å². The molecule has 2 aromatic heterocycles. The van der Waals surface area contributed by atoms with E-state index in [9.17, 15) is 4.79 Å². The number of aromatic nitrogens is 2. The lowest BCUT2D eigenvalue weighted by molar-refractivity contribution is -0.123. The molecule has 0 aliphatic carbocycles. The lowest BCUT2D eigenvalue weighted by Crippen LogP contribution is -2.64. The zero-order chi connectivity index (χ0) is 16.7. The molecular weight excluding hydrogens is 322 g/mol. The average Bonchev–Trinajstić information content (AvgIpc) is 3.26. The van der Waals surface area contributed by atoms with Crippen LogP contribution >= 0.6 is 11.3 Å². The van der Waals surface area contributed by atoms with Crippen LogP contribution in [0.2, 0.25) is 0 Å². The van der Waals surface area contributed by atoms with Crippen molar-refractivity contribution >= 4 is 22.9 Å². The van der Waals surface area contributed by atoms with Gasteiger partial charge in [0.2, 0.25) is 5.91 Å². The number of amides is 1. The maximum atomic E-state index is 12.5. The van der Waals surface area contributed by atoms with Crippen molar-refractivity contribution in [1.82, 2.24) is 19.6 Å². The number of hydrogen-bond donors (Lipinski definition) is 0. The van der Waals surface area contributed by atoms with Crippen molar-refractivity contribution in [2.24, 2.45) is 7.05 Å². The molecule has 2 aliphatic rings. The Bertz CT molecular complexity index is 727. The van der Waals surface area contributed by atoms with Crippen LogP contribution in [0.4, 0.5) is 5.69 Å². The van der Waals surface area contributed by atoms with E-state index in [-0.39, 0.29) is 11.4 Å². The third-order valence-corrected chi connectivity index (χ3v) is 6.17. The Morgan fingerprint density at radius 3 is 2.92 bits per heavy atom. The molecule has 2 aromatic rings. The van der Waals surface area contributed by atoms with Crippen LogP contribution in [0.1, 0.15) is 11.3 Å².